The van der Waals surface area contributed by atoms with Gasteiger partial charge in [0.05, 0.1) is 23.7 Å². The highest BCUT2D eigenvalue weighted by Gasteiger charge is 2.12. The van der Waals surface area contributed by atoms with Gasteiger partial charge in [0.2, 0.25) is 0 Å². The maximum absolute atomic E-state index is 10.5. The first-order chi connectivity index (χ1) is 8.49. The minimum Gasteiger partial charge on any atom is -0.376 e. The molecule has 19 heavy (non-hydrogen) atoms. The molecule has 9 heteroatoms. The van der Waals surface area contributed by atoms with Gasteiger partial charge in [0.25, 0.3) is 20.2 Å². The van der Waals surface area contributed by atoms with Gasteiger partial charge < -0.3 is 4.74 Å². The summed E-state index contributed by atoms with van der Waals surface area (Å²) in [5, 5.41) is 0. The van der Waals surface area contributed by atoms with Gasteiger partial charge in [-0.2, -0.15) is 16.8 Å². The number of rotatable bonds is 10. The van der Waals surface area contributed by atoms with Gasteiger partial charge in [-0.05, 0) is 39.5 Å². The lowest BCUT2D eigenvalue weighted by molar-refractivity contribution is -0.000340. The van der Waals surface area contributed by atoms with E-state index in [2.05, 4.69) is 0 Å². The molecule has 2 unspecified atom stereocenters. The van der Waals surface area contributed by atoms with E-state index >= 15 is 0 Å². The van der Waals surface area contributed by atoms with Crippen molar-refractivity contribution in [1.29, 1.82) is 0 Å². The quantitative estimate of drug-likeness (QED) is 0.579. The van der Waals surface area contributed by atoms with Gasteiger partial charge in [0.1, 0.15) is 0 Å². The Morgan fingerprint density at radius 2 is 1.16 bits per heavy atom. The van der Waals surface area contributed by atoms with Crippen molar-refractivity contribution in [3.63, 3.8) is 0 Å². The lowest BCUT2D eigenvalue weighted by Gasteiger charge is -2.18. The van der Waals surface area contributed by atoms with Crippen molar-refractivity contribution in [3.8, 4) is 0 Å². The third-order valence-corrected chi connectivity index (χ3v) is 4.10. The van der Waals surface area contributed by atoms with Gasteiger partial charge in [-0.15, -0.1) is 0 Å². The van der Waals surface area contributed by atoms with Gasteiger partial charge in [0, 0.05) is 0 Å². The van der Waals surface area contributed by atoms with Crippen LogP contribution in [0.4, 0.5) is 0 Å². The molecular formula is C10H22O7S2. The summed E-state index contributed by atoms with van der Waals surface area (Å²) in [6.45, 7) is 3.56. The molecule has 0 rings (SSSR count). The Kier molecular flexibility index (Phi) is 8.06. The second kappa shape index (κ2) is 8.15. The van der Waals surface area contributed by atoms with Crippen LogP contribution in [-0.2, 0) is 25.0 Å². The minimum atomic E-state index is -3.93. The molecule has 0 bridgehead atoms. The SMILES string of the molecule is CC(CCCS(=O)(=O)O)OC(C)CCCS(=O)(=O)O. The van der Waals surface area contributed by atoms with E-state index in [0.29, 0.717) is 25.7 Å². The molecule has 2 N–H and O–H groups in total. The topological polar surface area (TPSA) is 118 Å². The average molecular weight is 318 g/mol. The molecule has 2 atom stereocenters. The average Bonchev–Trinajstić information content (AvgIpc) is 2.12. The Hall–Kier alpha value is -0.220. The summed E-state index contributed by atoms with van der Waals surface area (Å²) >= 11 is 0. The van der Waals surface area contributed by atoms with Gasteiger partial charge in [0.15, 0.2) is 0 Å². The molecule has 0 aliphatic rings. The van der Waals surface area contributed by atoms with Crippen LogP contribution in [0.25, 0.3) is 0 Å². The molecule has 0 aromatic rings. The molecule has 0 heterocycles. The van der Waals surface area contributed by atoms with E-state index in [1.54, 1.807) is 13.8 Å². The highest BCUT2D eigenvalue weighted by molar-refractivity contribution is 7.86. The minimum absolute atomic E-state index is 0.178. The number of ether oxygens (including phenoxy) is 1. The third kappa shape index (κ3) is 14.0. The van der Waals surface area contributed by atoms with Crippen LogP contribution >= 0.6 is 0 Å². The smallest absolute Gasteiger partial charge is 0.264 e. The molecule has 0 saturated carbocycles. The lowest BCUT2D eigenvalue weighted by Crippen LogP contribution is -2.19. The van der Waals surface area contributed by atoms with Crippen LogP contribution in [0.15, 0.2) is 0 Å². The largest absolute Gasteiger partial charge is 0.376 e. The first-order valence-electron chi connectivity index (χ1n) is 6.05. The first kappa shape index (κ1) is 18.8. The first-order valence-corrected chi connectivity index (χ1v) is 9.27. The molecule has 116 valence electrons. The molecule has 0 aromatic carbocycles. The molecule has 0 radical (unpaired) electrons. The molecule has 0 saturated heterocycles. The summed E-state index contributed by atoms with van der Waals surface area (Å²) in [5.74, 6) is -0.588. The maximum atomic E-state index is 10.5. The summed E-state index contributed by atoms with van der Waals surface area (Å²) in [7, 11) is -7.86. The van der Waals surface area contributed by atoms with E-state index in [0.717, 1.165) is 0 Å². The highest BCUT2D eigenvalue weighted by atomic mass is 32.2. The van der Waals surface area contributed by atoms with Crippen LogP contribution in [0, 0.1) is 0 Å². The van der Waals surface area contributed by atoms with Gasteiger partial charge >= 0.3 is 0 Å². The van der Waals surface area contributed by atoms with Gasteiger partial charge in [-0.3, -0.25) is 9.11 Å². The monoisotopic (exact) mass is 318 g/mol. The predicted molar refractivity (Wildman–Crippen MR) is 71.3 cm³/mol. The molecule has 0 aliphatic carbocycles. The molecule has 0 aromatic heterocycles. The lowest BCUT2D eigenvalue weighted by atomic mass is 10.2. The second-order valence-electron chi connectivity index (χ2n) is 4.61. The molecule has 0 fully saturated rings. The fraction of sp³-hybridized carbons (Fsp3) is 1.00. The molecule has 0 aliphatic heterocycles. The zero-order valence-electron chi connectivity index (χ0n) is 11.1. The standard InChI is InChI=1S/C10H22O7S2/c1-9(5-3-7-18(11,12)13)17-10(2)6-4-8-19(14,15)16/h9-10H,3-8H2,1-2H3,(H,11,12,13)(H,14,15,16). The van der Waals surface area contributed by atoms with Crippen molar-refractivity contribution in [3.05, 3.63) is 0 Å². The van der Waals surface area contributed by atoms with Crippen molar-refractivity contribution >= 4 is 20.2 Å². The number of hydrogen-bond donors (Lipinski definition) is 2. The van der Waals surface area contributed by atoms with Gasteiger partial charge in [-0.1, -0.05) is 0 Å². The van der Waals surface area contributed by atoms with Crippen LogP contribution in [0.1, 0.15) is 39.5 Å². The van der Waals surface area contributed by atoms with Crippen molar-refractivity contribution in [1.82, 2.24) is 0 Å². The fourth-order valence-electron chi connectivity index (χ4n) is 1.64. The van der Waals surface area contributed by atoms with Crippen LogP contribution in [0.3, 0.4) is 0 Å². The van der Waals surface area contributed by atoms with Crippen LogP contribution in [0.2, 0.25) is 0 Å². The highest BCUT2D eigenvalue weighted by Crippen LogP contribution is 2.10. The second-order valence-corrected chi connectivity index (χ2v) is 7.76. The fourth-order valence-corrected chi connectivity index (χ4v) is 2.70. The van der Waals surface area contributed by atoms with E-state index in [4.69, 9.17) is 13.8 Å². The predicted octanol–water partition coefficient (Wildman–Crippen LogP) is 1.12. The van der Waals surface area contributed by atoms with Crippen LogP contribution < -0.4 is 0 Å². The molecule has 7 nitrogen and oxygen atoms in total. The van der Waals surface area contributed by atoms with E-state index < -0.39 is 20.2 Å². The van der Waals surface area contributed by atoms with E-state index in [1.165, 1.54) is 0 Å². The number of hydrogen-bond acceptors (Lipinski definition) is 5. The molecular weight excluding hydrogens is 296 g/mol. The Morgan fingerprint density at radius 3 is 1.42 bits per heavy atom. The summed E-state index contributed by atoms with van der Waals surface area (Å²) < 4.78 is 64.7. The van der Waals surface area contributed by atoms with Crippen molar-refractivity contribution in [2.75, 3.05) is 11.5 Å². The molecule has 0 amide bonds. The van der Waals surface area contributed by atoms with Crippen LogP contribution in [-0.4, -0.2) is 49.7 Å². The van der Waals surface area contributed by atoms with Crippen molar-refractivity contribution in [2.45, 2.75) is 51.7 Å². The van der Waals surface area contributed by atoms with Crippen molar-refractivity contribution < 1.29 is 30.7 Å². The Balaban J connectivity index is 3.78. The van der Waals surface area contributed by atoms with Crippen molar-refractivity contribution in [2.24, 2.45) is 0 Å². The van der Waals surface area contributed by atoms with Crippen LogP contribution in [0.5, 0.6) is 0 Å². The zero-order valence-corrected chi connectivity index (χ0v) is 12.8. The van der Waals surface area contributed by atoms with E-state index in [1.807, 2.05) is 0 Å². The summed E-state index contributed by atoms with van der Waals surface area (Å²) in [5.41, 5.74) is 0. The summed E-state index contributed by atoms with van der Waals surface area (Å²) in [4.78, 5) is 0. The maximum Gasteiger partial charge on any atom is 0.264 e. The Bertz CT molecular complexity index is 398. The molecule has 0 spiro atoms. The third-order valence-electron chi connectivity index (χ3n) is 2.49. The van der Waals surface area contributed by atoms with E-state index in [9.17, 15) is 16.8 Å². The summed E-state index contributed by atoms with van der Waals surface area (Å²) in [6, 6.07) is 0. The Morgan fingerprint density at radius 1 is 0.842 bits per heavy atom. The Labute approximate surface area is 114 Å². The summed E-state index contributed by atoms with van der Waals surface area (Å²) in [6.07, 6.45) is 1.23. The normalized spacial score (nSPS) is 16.2. The van der Waals surface area contributed by atoms with Gasteiger partial charge in [-0.25, -0.2) is 0 Å². The van der Waals surface area contributed by atoms with E-state index in [-0.39, 0.29) is 23.7 Å². The zero-order chi connectivity index (χ0) is 15.1.